The maximum absolute atomic E-state index is 11.0. The molecule has 1 unspecified atom stereocenters. The molecule has 23 heavy (non-hydrogen) atoms. The lowest BCUT2D eigenvalue weighted by Crippen LogP contribution is -2.07. The first-order valence-electron chi connectivity index (χ1n) is 6.90. The number of aliphatic carboxylic acids is 1. The van der Waals surface area contributed by atoms with Crippen molar-refractivity contribution in [1.29, 1.82) is 0 Å². The monoisotopic (exact) mass is 351 g/mol. The molecule has 0 spiro atoms. The lowest BCUT2D eigenvalue weighted by Gasteiger charge is -2.07. The fraction of sp³-hybridized carbons (Fsp3) is 0.176. The van der Waals surface area contributed by atoms with Crippen molar-refractivity contribution in [2.24, 2.45) is 5.16 Å². The molecular formula is C17H15Cl2NO3. The van der Waals surface area contributed by atoms with Gasteiger partial charge >= 0.3 is 5.97 Å². The highest BCUT2D eigenvalue weighted by molar-refractivity contribution is 6.35. The van der Waals surface area contributed by atoms with Gasteiger partial charge in [-0.05, 0) is 36.2 Å². The highest BCUT2D eigenvalue weighted by Crippen LogP contribution is 2.24. The van der Waals surface area contributed by atoms with Gasteiger partial charge in [0.2, 0.25) is 0 Å². The Bertz CT molecular complexity index is 711. The van der Waals surface area contributed by atoms with E-state index in [-0.39, 0.29) is 6.61 Å². The molecule has 0 aliphatic rings. The minimum absolute atomic E-state index is 0.153. The van der Waals surface area contributed by atoms with Gasteiger partial charge in [-0.2, -0.15) is 0 Å². The van der Waals surface area contributed by atoms with Gasteiger partial charge in [-0.15, -0.1) is 0 Å². The van der Waals surface area contributed by atoms with E-state index in [4.69, 9.17) is 33.1 Å². The van der Waals surface area contributed by atoms with Gasteiger partial charge in [0, 0.05) is 15.6 Å². The minimum atomic E-state index is -0.872. The van der Waals surface area contributed by atoms with Gasteiger partial charge in [0.15, 0.2) is 0 Å². The van der Waals surface area contributed by atoms with Gasteiger partial charge in [-0.25, -0.2) is 0 Å². The Morgan fingerprint density at radius 3 is 2.57 bits per heavy atom. The number of carbonyl (C=O) groups is 1. The third-order valence-corrected chi connectivity index (χ3v) is 4.04. The quantitative estimate of drug-likeness (QED) is 0.604. The first kappa shape index (κ1) is 17.3. The molecule has 0 radical (unpaired) electrons. The largest absolute Gasteiger partial charge is 0.481 e. The number of benzene rings is 2. The number of nitrogens with zero attached hydrogens (tertiary/aromatic N) is 1. The van der Waals surface area contributed by atoms with Crippen LogP contribution in [0.15, 0.2) is 47.6 Å². The van der Waals surface area contributed by atoms with Crippen LogP contribution in [0.25, 0.3) is 0 Å². The molecule has 2 aromatic rings. The molecule has 1 N–H and O–H groups in total. The summed E-state index contributed by atoms with van der Waals surface area (Å²) in [5.41, 5.74) is 2.12. The first-order chi connectivity index (χ1) is 11.0. The smallest absolute Gasteiger partial charge is 0.310 e. The molecule has 0 heterocycles. The number of carboxylic acids is 1. The SMILES string of the molecule is CC(C(=O)O)c1cccc(C=NOCc2c(Cl)cccc2Cl)c1. The normalized spacial score (nSPS) is 12.3. The third kappa shape index (κ3) is 4.71. The van der Waals surface area contributed by atoms with Crippen molar-refractivity contribution in [1.82, 2.24) is 0 Å². The van der Waals surface area contributed by atoms with Crippen LogP contribution in [0, 0.1) is 0 Å². The van der Waals surface area contributed by atoms with Crippen molar-refractivity contribution < 1.29 is 14.7 Å². The molecular weight excluding hydrogens is 337 g/mol. The summed E-state index contributed by atoms with van der Waals surface area (Å²) in [5.74, 6) is -1.45. The van der Waals surface area contributed by atoms with E-state index in [1.165, 1.54) is 6.21 Å². The topological polar surface area (TPSA) is 58.9 Å². The Morgan fingerprint density at radius 2 is 1.91 bits per heavy atom. The number of rotatable bonds is 6. The highest BCUT2D eigenvalue weighted by Gasteiger charge is 2.13. The van der Waals surface area contributed by atoms with Crippen LogP contribution in [0.5, 0.6) is 0 Å². The van der Waals surface area contributed by atoms with E-state index in [0.29, 0.717) is 21.2 Å². The van der Waals surface area contributed by atoms with Crippen LogP contribution >= 0.6 is 23.2 Å². The van der Waals surface area contributed by atoms with E-state index < -0.39 is 11.9 Å². The van der Waals surface area contributed by atoms with Crippen LogP contribution < -0.4 is 0 Å². The fourth-order valence-corrected chi connectivity index (χ4v) is 2.43. The van der Waals surface area contributed by atoms with Gasteiger partial charge in [0.25, 0.3) is 0 Å². The summed E-state index contributed by atoms with van der Waals surface area (Å²) in [4.78, 5) is 16.2. The van der Waals surface area contributed by atoms with Crippen LogP contribution in [0.3, 0.4) is 0 Å². The number of carboxylic acid groups (broad SMARTS) is 1. The Hall–Kier alpha value is -2.04. The summed E-state index contributed by atoms with van der Waals surface area (Å²) in [6, 6.07) is 12.3. The Labute approximate surface area is 144 Å². The predicted octanol–water partition coefficient (Wildman–Crippen LogP) is 4.73. The summed E-state index contributed by atoms with van der Waals surface area (Å²) in [6.45, 7) is 1.79. The molecule has 2 rings (SSSR count). The van der Waals surface area contributed by atoms with Crippen LogP contribution in [-0.2, 0) is 16.2 Å². The number of hydrogen-bond acceptors (Lipinski definition) is 3. The van der Waals surface area contributed by atoms with E-state index in [0.717, 1.165) is 5.56 Å². The Balaban J connectivity index is 2.01. The molecule has 0 aliphatic carbocycles. The van der Waals surface area contributed by atoms with Crippen molar-refractivity contribution >= 4 is 35.4 Å². The zero-order valence-corrected chi connectivity index (χ0v) is 13.9. The standard InChI is InChI=1S/C17H15Cl2NO3/c1-11(17(21)22)13-5-2-4-12(8-13)9-20-23-10-14-15(18)6-3-7-16(14)19/h2-9,11H,10H2,1H3,(H,21,22). The van der Waals surface area contributed by atoms with E-state index in [2.05, 4.69) is 5.16 Å². The fourth-order valence-electron chi connectivity index (χ4n) is 1.92. The molecule has 0 saturated carbocycles. The maximum atomic E-state index is 11.0. The molecule has 2 aromatic carbocycles. The summed E-state index contributed by atoms with van der Waals surface area (Å²) >= 11 is 12.1. The zero-order valence-electron chi connectivity index (χ0n) is 12.4. The van der Waals surface area contributed by atoms with Gasteiger partial charge < -0.3 is 9.94 Å². The lowest BCUT2D eigenvalue weighted by atomic mass is 10.00. The van der Waals surface area contributed by atoms with Crippen molar-refractivity contribution in [3.63, 3.8) is 0 Å². The Kier molecular flexibility index (Phi) is 6.02. The number of oxime groups is 1. The van der Waals surface area contributed by atoms with E-state index in [1.54, 1.807) is 43.3 Å². The molecule has 6 heteroatoms. The van der Waals surface area contributed by atoms with Gasteiger partial charge in [0.05, 0.1) is 12.1 Å². The van der Waals surface area contributed by atoms with Crippen LogP contribution in [0.1, 0.15) is 29.5 Å². The van der Waals surface area contributed by atoms with E-state index in [1.807, 2.05) is 6.07 Å². The van der Waals surface area contributed by atoms with Crippen LogP contribution in [-0.4, -0.2) is 17.3 Å². The Morgan fingerprint density at radius 1 is 1.26 bits per heavy atom. The summed E-state index contributed by atoms with van der Waals surface area (Å²) in [7, 11) is 0. The lowest BCUT2D eigenvalue weighted by molar-refractivity contribution is -0.138. The summed E-state index contributed by atoms with van der Waals surface area (Å²) in [6.07, 6.45) is 1.52. The van der Waals surface area contributed by atoms with E-state index in [9.17, 15) is 4.79 Å². The minimum Gasteiger partial charge on any atom is -0.481 e. The second kappa shape index (κ2) is 7.99. The first-order valence-corrected chi connectivity index (χ1v) is 7.65. The number of halogens is 2. The molecule has 0 aliphatic heterocycles. The maximum Gasteiger partial charge on any atom is 0.310 e. The molecule has 0 bridgehead atoms. The molecule has 0 fully saturated rings. The highest BCUT2D eigenvalue weighted by atomic mass is 35.5. The zero-order chi connectivity index (χ0) is 16.8. The van der Waals surface area contributed by atoms with E-state index >= 15 is 0 Å². The average Bonchev–Trinajstić information content (AvgIpc) is 2.53. The van der Waals surface area contributed by atoms with Crippen LogP contribution in [0.4, 0.5) is 0 Å². The molecule has 1 atom stereocenters. The molecule has 0 saturated heterocycles. The molecule has 0 amide bonds. The third-order valence-electron chi connectivity index (χ3n) is 3.33. The van der Waals surface area contributed by atoms with Crippen molar-refractivity contribution in [3.05, 3.63) is 69.2 Å². The molecule has 120 valence electrons. The second-order valence-corrected chi connectivity index (χ2v) is 5.75. The van der Waals surface area contributed by atoms with Gasteiger partial charge in [-0.3, -0.25) is 4.79 Å². The second-order valence-electron chi connectivity index (χ2n) is 4.94. The number of hydrogen-bond donors (Lipinski definition) is 1. The van der Waals surface area contributed by atoms with Gasteiger partial charge in [-0.1, -0.05) is 52.6 Å². The van der Waals surface area contributed by atoms with Gasteiger partial charge in [0.1, 0.15) is 6.61 Å². The summed E-state index contributed by atoms with van der Waals surface area (Å²) < 4.78 is 0. The average molecular weight is 352 g/mol. The predicted molar refractivity (Wildman–Crippen MR) is 91.3 cm³/mol. The summed E-state index contributed by atoms with van der Waals surface area (Å²) in [5, 5.41) is 13.9. The molecule has 0 aromatic heterocycles. The van der Waals surface area contributed by atoms with Crippen molar-refractivity contribution in [2.75, 3.05) is 0 Å². The van der Waals surface area contributed by atoms with Crippen molar-refractivity contribution in [3.8, 4) is 0 Å². The molecule has 4 nitrogen and oxygen atoms in total. The van der Waals surface area contributed by atoms with Crippen molar-refractivity contribution in [2.45, 2.75) is 19.4 Å². The van der Waals surface area contributed by atoms with Crippen LogP contribution in [0.2, 0.25) is 10.0 Å².